The quantitative estimate of drug-likeness (QED) is 0.617. The van der Waals surface area contributed by atoms with Gasteiger partial charge in [0.2, 0.25) is 0 Å². The number of aromatic nitrogens is 2. The van der Waals surface area contributed by atoms with Gasteiger partial charge in [0.15, 0.2) is 6.10 Å². The minimum Gasteiger partial charge on any atom is -0.452 e. The number of carbonyl (C=O) groups is 2. The molecule has 1 atom stereocenters. The van der Waals surface area contributed by atoms with Crippen LogP contribution in [0.15, 0.2) is 47.3 Å². The fourth-order valence-electron chi connectivity index (χ4n) is 2.56. The van der Waals surface area contributed by atoms with Crippen LogP contribution in [-0.4, -0.2) is 28.2 Å². The van der Waals surface area contributed by atoms with Gasteiger partial charge in [-0.15, -0.1) is 0 Å². The Labute approximate surface area is 169 Å². The van der Waals surface area contributed by atoms with Crippen molar-refractivity contribution in [3.8, 4) is 0 Å². The predicted octanol–water partition coefficient (Wildman–Crippen LogP) is 3.34. The highest BCUT2D eigenvalue weighted by atomic mass is 35.5. The van der Waals surface area contributed by atoms with E-state index in [0.29, 0.717) is 27.2 Å². The number of anilines is 1. The molecular weight excluding hydrogens is 405 g/mol. The van der Waals surface area contributed by atoms with Gasteiger partial charge >= 0.3 is 5.97 Å². The summed E-state index contributed by atoms with van der Waals surface area (Å²) in [6.07, 6.45) is -1.26. The van der Waals surface area contributed by atoms with Crippen molar-refractivity contribution >= 4 is 51.5 Å². The third kappa shape index (κ3) is 4.49. The third-order valence-electron chi connectivity index (χ3n) is 3.95. The van der Waals surface area contributed by atoms with Gasteiger partial charge in [-0.05, 0) is 31.2 Å². The van der Waals surface area contributed by atoms with E-state index in [2.05, 4.69) is 15.5 Å². The highest BCUT2D eigenvalue weighted by Crippen LogP contribution is 2.25. The lowest BCUT2D eigenvalue weighted by Gasteiger charge is -2.14. The van der Waals surface area contributed by atoms with E-state index in [1.54, 1.807) is 36.4 Å². The molecule has 0 aliphatic heterocycles. The van der Waals surface area contributed by atoms with Crippen molar-refractivity contribution in [2.24, 2.45) is 0 Å². The largest absolute Gasteiger partial charge is 0.452 e. The summed E-state index contributed by atoms with van der Waals surface area (Å²) in [5.41, 5.74) is 0.362. The minimum absolute atomic E-state index is 0.198. The van der Waals surface area contributed by atoms with Crippen LogP contribution in [0.4, 0.5) is 5.69 Å². The lowest BCUT2D eigenvalue weighted by Crippen LogP contribution is -2.30. The van der Waals surface area contributed by atoms with Crippen LogP contribution in [-0.2, 0) is 20.7 Å². The molecule has 3 aromatic rings. The summed E-state index contributed by atoms with van der Waals surface area (Å²) in [5, 5.41) is 10.5. The molecule has 1 heterocycles. The first-order valence-electron chi connectivity index (χ1n) is 8.27. The molecular formula is C19H15Cl2N3O4. The number of carbonyl (C=O) groups excluding carboxylic acids is 2. The number of hydrogen-bond acceptors (Lipinski definition) is 5. The van der Waals surface area contributed by atoms with Gasteiger partial charge < -0.3 is 10.1 Å². The lowest BCUT2D eigenvalue weighted by molar-refractivity contribution is -0.152. The van der Waals surface area contributed by atoms with Crippen molar-refractivity contribution in [3.63, 3.8) is 0 Å². The van der Waals surface area contributed by atoms with Crippen LogP contribution >= 0.6 is 23.2 Å². The second-order valence-electron chi connectivity index (χ2n) is 5.97. The molecule has 9 heteroatoms. The SMILES string of the molecule is CC(OC(=O)Cc1n[nH]c(=O)c2ccccc12)C(=O)Nc1ccc(Cl)cc1Cl. The normalized spacial score (nSPS) is 11.8. The number of nitrogens with zero attached hydrogens (tertiary/aromatic N) is 1. The van der Waals surface area contributed by atoms with Crippen molar-refractivity contribution < 1.29 is 14.3 Å². The molecule has 0 saturated carbocycles. The maximum atomic E-state index is 12.3. The highest BCUT2D eigenvalue weighted by Gasteiger charge is 2.20. The number of ether oxygens (including phenoxy) is 1. The molecule has 7 nitrogen and oxygen atoms in total. The number of aromatic amines is 1. The molecule has 1 unspecified atom stereocenters. The summed E-state index contributed by atoms with van der Waals surface area (Å²) in [7, 11) is 0. The Bertz CT molecular complexity index is 1110. The Morgan fingerprint density at radius 1 is 1.18 bits per heavy atom. The Kier molecular flexibility index (Phi) is 5.96. The molecule has 2 N–H and O–H groups in total. The van der Waals surface area contributed by atoms with Gasteiger partial charge in [0.05, 0.1) is 28.2 Å². The predicted molar refractivity (Wildman–Crippen MR) is 107 cm³/mol. The van der Waals surface area contributed by atoms with E-state index < -0.39 is 18.0 Å². The molecule has 0 spiro atoms. The first-order chi connectivity index (χ1) is 13.3. The monoisotopic (exact) mass is 419 g/mol. The molecule has 1 amide bonds. The number of hydrogen-bond donors (Lipinski definition) is 2. The molecule has 0 radical (unpaired) electrons. The van der Waals surface area contributed by atoms with Crippen LogP contribution in [0, 0.1) is 0 Å². The molecule has 0 saturated heterocycles. The zero-order valence-electron chi connectivity index (χ0n) is 14.7. The molecule has 28 heavy (non-hydrogen) atoms. The maximum Gasteiger partial charge on any atom is 0.312 e. The lowest BCUT2D eigenvalue weighted by atomic mass is 10.1. The standard InChI is InChI=1S/C19H15Cl2N3O4/c1-10(18(26)22-15-7-6-11(20)8-14(15)21)28-17(25)9-16-12-4-2-3-5-13(12)19(27)24-23-16/h2-8,10H,9H2,1H3,(H,22,26)(H,24,27). The number of H-pyrrole nitrogens is 1. The van der Waals surface area contributed by atoms with Gasteiger partial charge in [-0.25, -0.2) is 5.10 Å². The fraction of sp³-hybridized carbons (Fsp3) is 0.158. The highest BCUT2D eigenvalue weighted by molar-refractivity contribution is 6.36. The molecule has 3 rings (SSSR count). The average molecular weight is 420 g/mol. The number of fused-ring (bicyclic) bond motifs is 1. The molecule has 1 aromatic heterocycles. The Hall–Kier alpha value is -2.90. The fourth-order valence-corrected chi connectivity index (χ4v) is 3.02. The van der Waals surface area contributed by atoms with Crippen LogP contribution in [0.1, 0.15) is 12.6 Å². The summed E-state index contributed by atoms with van der Waals surface area (Å²) in [5.74, 6) is -1.20. The van der Waals surface area contributed by atoms with Crippen LogP contribution in [0.2, 0.25) is 10.0 Å². The van der Waals surface area contributed by atoms with E-state index in [4.69, 9.17) is 27.9 Å². The molecule has 0 fully saturated rings. The zero-order chi connectivity index (χ0) is 20.3. The van der Waals surface area contributed by atoms with Gasteiger partial charge in [-0.3, -0.25) is 14.4 Å². The average Bonchev–Trinajstić information content (AvgIpc) is 2.66. The van der Waals surface area contributed by atoms with Gasteiger partial charge in [-0.2, -0.15) is 5.10 Å². The first-order valence-corrected chi connectivity index (χ1v) is 9.02. The molecule has 0 aliphatic carbocycles. The van der Waals surface area contributed by atoms with E-state index in [-0.39, 0.29) is 17.0 Å². The number of halogens is 2. The number of amides is 1. The van der Waals surface area contributed by atoms with Crippen LogP contribution in [0.25, 0.3) is 10.8 Å². The van der Waals surface area contributed by atoms with Gasteiger partial charge in [-0.1, -0.05) is 41.4 Å². The molecule has 0 aliphatic rings. The summed E-state index contributed by atoms with van der Waals surface area (Å²) < 4.78 is 5.18. The third-order valence-corrected chi connectivity index (χ3v) is 4.50. The van der Waals surface area contributed by atoms with E-state index in [1.807, 2.05) is 0 Å². The van der Waals surface area contributed by atoms with Crippen LogP contribution in [0.3, 0.4) is 0 Å². The summed E-state index contributed by atoms with van der Waals surface area (Å²) >= 11 is 11.8. The Morgan fingerprint density at radius 2 is 1.89 bits per heavy atom. The molecule has 0 bridgehead atoms. The van der Waals surface area contributed by atoms with Gasteiger partial charge in [0.25, 0.3) is 11.5 Å². The van der Waals surface area contributed by atoms with E-state index in [0.717, 1.165) is 0 Å². The Morgan fingerprint density at radius 3 is 2.61 bits per heavy atom. The topological polar surface area (TPSA) is 101 Å². The number of benzene rings is 2. The van der Waals surface area contributed by atoms with Gasteiger partial charge in [0, 0.05) is 10.4 Å². The zero-order valence-corrected chi connectivity index (χ0v) is 16.2. The minimum atomic E-state index is -1.06. The number of rotatable bonds is 5. The first kappa shape index (κ1) is 19.9. The van der Waals surface area contributed by atoms with E-state index in [9.17, 15) is 14.4 Å². The van der Waals surface area contributed by atoms with Gasteiger partial charge in [0.1, 0.15) is 0 Å². The smallest absolute Gasteiger partial charge is 0.312 e. The van der Waals surface area contributed by atoms with Crippen molar-refractivity contribution in [1.82, 2.24) is 10.2 Å². The summed E-state index contributed by atoms with van der Waals surface area (Å²) in [4.78, 5) is 36.3. The van der Waals surface area contributed by atoms with Crippen molar-refractivity contribution in [2.75, 3.05) is 5.32 Å². The van der Waals surface area contributed by atoms with Crippen molar-refractivity contribution in [2.45, 2.75) is 19.4 Å². The van der Waals surface area contributed by atoms with Crippen LogP contribution in [0.5, 0.6) is 0 Å². The van der Waals surface area contributed by atoms with Crippen LogP contribution < -0.4 is 10.9 Å². The number of esters is 1. The summed E-state index contributed by atoms with van der Waals surface area (Å²) in [6, 6.07) is 11.4. The molecule has 144 valence electrons. The van der Waals surface area contributed by atoms with E-state index >= 15 is 0 Å². The van der Waals surface area contributed by atoms with E-state index in [1.165, 1.54) is 13.0 Å². The maximum absolute atomic E-state index is 12.3. The van der Waals surface area contributed by atoms with Crippen molar-refractivity contribution in [1.29, 1.82) is 0 Å². The number of nitrogens with one attached hydrogen (secondary N) is 2. The Balaban J connectivity index is 1.67. The second-order valence-corrected chi connectivity index (χ2v) is 6.81. The van der Waals surface area contributed by atoms with Crippen molar-refractivity contribution in [3.05, 3.63) is 68.6 Å². The second kappa shape index (κ2) is 8.41. The molecule has 2 aromatic carbocycles. The summed E-state index contributed by atoms with van der Waals surface area (Å²) in [6.45, 7) is 1.44.